The predicted octanol–water partition coefficient (Wildman–Crippen LogP) is 3.20. The number of fused-ring (bicyclic) bond motifs is 1. The van der Waals surface area contributed by atoms with Crippen molar-refractivity contribution in [1.29, 1.82) is 0 Å². The maximum absolute atomic E-state index is 5.69. The van der Waals surface area contributed by atoms with Crippen LogP contribution in [0.25, 0.3) is 0 Å². The summed E-state index contributed by atoms with van der Waals surface area (Å²) in [5.74, 6) is 1.73. The molecule has 1 aliphatic rings. The molecule has 0 atom stereocenters. The molecule has 0 amide bonds. The Balaban J connectivity index is 1.60. The number of hydrogen-bond acceptors (Lipinski definition) is 4. The summed E-state index contributed by atoms with van der Waals surface area (Å²) in [6, 6.07) is 10.4. The molecule has 1 N–H and O–H groups in total. The Hall–Kier alpha value is -1.52. The zero-order valence-corrected chi connectivity index (χ0v) is 11.5. The van der Waals surface area contributed by atoms with E-state index in [2.05, 4.69) is 35.0 Å². The maximum Gasteiger partial charge on any atom is 0.161 e. The van der Waals surface area contributed by atoms with Crippen molar-refractivity contribution in [1.82, 2.24) is 5.32 Å². The minimum Gasteiger partial charge on any atom is -0.490 e. The Kier molecular flexibility index (Phi) is 4.01. The average molecular weight is 275 g/mol. The molecule has 1 aromatic carbocycles. The van der Waals surface area contributed by atoms with Crippen LogP contribution in [0.15, 0.2) is 35.7 Å². The van der Waals surface area contributed by atoms with Crippen molar-refractivity contribution in [2.45, 2.75) is 19.5 Å². The first kappa shape index (κ1) is 12.5. The van der Waals surface area contributed by atoms with Crippen LogP contribution in [0.2, 0.25) is 0 Å². The molecule has 1 aromatic heterocycles. The lowest BCUT2D eigenvalue weighted by molar-refractivity contribution is 0.297. The van der Waals surface area contributed by atoms with Crippen molar-refractivity contribution in [3.63, 3.8) is 0 Å². The molecule has 0 fully saturated rings. The summed E-state index contributed by atoms with van der Waals surface area (Å²) in [5.41, 5.74) is 1.22. The Morgan fingerprint density at radius 1 is 1.05 bits per heavy atom. The number of thiophene rings is 1. The van der Waals surface area contributed by atoms with Crippen molar-refractivity contribution in [2.75, 3.05) is 13.2 Å². The van der Waals surface area contributed by atoms with Gasteiger partial charge in [0.1, 0.15) is 0 Å². The molecule has 100 valence electrons. The quantitative estimate of drug-likeness (QED) is 0.929. The van der Waals surface area contributed by atoms with Gasteiger partial charge < -0.3 is 14.8 Å². The van der Waals surface area contributed by atoms with Gasteiger partial charge in [0.2, 0.25) is 0 Å². The highest BCUT2D eigenvalue weighted by atomic mass is 32.1. The van der Waals surface area contributed by atoms with Crippen LogP contribution in [0.3, 0.4) is 0 Å². The van der Waals surface area contributed by atoms with Crippen molar-refractivity contribution < 1.29 is 9.47 Å². The van der Waals surface area contributed by atoms with Crippen LogP contribution in [-0.4, -0.2) is 13.2 Å². The number of ether oxygens (including phenoxy) is 2. The molecule has 0 bridgehead atoms. The van der Waals surface area contributed by atoms with Gasteiger partial charge >= 0.3 is 0 Å². The van der Waals surface area contributed by atoms with Crippen molar-refractivity contribution >= 4 is 11.3 Å². The molecule has 19 heavy (non-hydrogen) atoms. The Labute approximate surface area is 117 Å². The third-order valence-electron chi connectivity index (χ3n) is 3.02. The van der Waals surface area contributed by atoms with Gasteiger partial charge in [-0.2, -0.15) is 0 Å². The lowest BCUT2D eigenvalue weighted by Gasteiger charge is -2.09. The highest BCUT2D eigenvalue weighted by molar-refractivity contribution is 7.09. The van der Waals surface area contributed by atoms with Crippen LogP contribution in [0.1, 0.15) is 16.9 Å². The largest absolute Gasteiger partial charge is 0.490 e. The lowest BCUT2D eigenvalue weighted by atomic mass is 10.2. The van der Waals surface area contributed by atoms with Gasteiger partial charge in [-0.1, -0.05) is 12.1 Å². The van der Waals surface area contributed by atoms with Crippen molar-refractivity contribution in [3.05, 3.63) is 46.2 Å². The van der Waals surface area contributed by atoms with E-state index in [1.165, 1.54) is 10.4 Å². The second kappa shape index (κ2) is 6.08. The zero-order valence-electron chi connectivity index (χ0n) is 10.7. The molecule has 3 rings (SSSR count). The van der Waals surface area contributed by atoms with Crippen LogP contribution < -0.4 is 14.8 Å². The molecule has 1 aliphatic heterocycles. The number of nitrogens with one attached hydrogen (secondary N) is 1. The fourth-order valence-corrected chi connectivity index (χ4v) is 2.74. The number of rotatable bonds is 4. The molecule has 0 radical (unpaired) electrons. The van der Waals surface area contributed by atoms with Crippen LogP contribution in [0.4, 0.5) is 0 Å². The summed E-state index contributed by atoms with van der Waals surface area (Å²) in [5, 5.41) is 5.54. The van der Waals surface area contributed by atoms with Gasteiger partial charge in [-0.25, -0.2) is 0 Å². The first-order valence-corrected chi connectivity index (χ1v) is 7.41. The maximum atomic E-state index is 5.69. The lowest BCUT2D eigenvalue weighted by Crippen LogP contribution is -2.11. The Morgan fingerprint density at radius 2 is 1.95 bits per heavy atom. The fourth-order valence-electron chi connectivity index (χ4n) is 2.06. The van der Waals surface area contributed by atoms with Crippen LogP contribution in [0.5, 0.6) is 11.5 Å². The van der Waals surface area contributed by atoms with E-state index in [1.54, 1.807) is 11.3 Å². The third kappa shape index (κ3) is 3.28. The zero-order chi connectivity index (χ0) is 12.9. The second-order valence-electron chi connectivity index (χ2n) is 4.51. The molecule has 0 unspecified atom stereocenters. The van der Waals surface area contributed by atoms with Gasteiger partial charge in [-0.15, -0.1) is 11.3 Å². The van der Waals surface area contributed by atoms with E-state index in [4.69, 9.17) is 9.47 Å². The van der Waals surface area contributed by atoms with Gasteiger partial charge in [0, 0.05) is 24.4 Å². The van der Waals surface area contributed by atoms with Gasteiger partial charge in [0.15, 0.2) is 11.5 Å². The summed E-state index contributed by atoms with van der Waals surface area (Å²) in [7, 11) is 0. The van der Waals surface area contributed by atoms with E-state index in [0.29, 0.717) is 0 Å². The highest BCUT2D eigenvalue weighted by Crippen LogP contribution is 2.30. The Bertz CT molecular complexity index is 525. The minimum atomic E-state index is 0.735. The summed E-state index contributed by atoms with van der Waals surface area (Å²) >= 11 is 1.78. The number of hydrogen-bond donors (Lipinski definition) is 1. The topological polar surface area (TPSA) is 30.5 Å². The molecule has 0 saturated carbocycles. The normalized spacial score (nSPS) is 14.1. The third-order valence-corrected chi connectivity index (χ3v) is 3.90. The smallest absolute Gasteiger partial charge is 0.161 e. The molecule has 3 nitrogen and oxygen atoms in total. The first-order chi connectivity index (χ1) is 9.42. The van der Waals surface area contributed by atoms with Gasteiger partial charge in [0.25, 0.3) is 0 Å². The fraction of sp³-hybridized carbons (Fsp3) is 0.333. The highest BCUT2D eigenvalue weighted by Gasteiger charge is 2.10. The summed E-state index contributed by atoms with van der Waals surface area (Å²) in [6.45, 7) is 3.22. The SMILES string of the molecule is c1csc(CNCc2ccc3c(c2)OCCCO3)c1. The molecule has 2 heterocycles. The predicted molar refractivity (Wildman–Crippen MR) is 76.9 cm³/mol. The first-order valence-electron chi connectivity index (χ1n) is 6.53. The molecular weight excluding hydrogens is 258 g/mol. The Morgan fingerprint density at radius 3 is 2.79 bits per heavy atom. The van der Waals surface area contributed by atoms with E-state index in [1.807, 2.05) is 6.07 Å². The van der Waals surface area contributed by atoms with E-state index in [9.17, 15) is 0 Å². The van der Waals surface area contributed by atoms with E-state index < -0.39 is 0 Å². The molecule has 2 aromatic rings. The van der Waals surface area contributed by atoms with Gasteiger partial charge in [0.05, 0.1) is 13.2 Å². The average Bonchev–Trinajstić information content (AvgIpc) is 2.83. The minimum absolute atomic E-state index is 0.735. The van der Waals surface area contributed by atoms with Crippen LogP contribution in [0, 0.1) is 0 Å². The molecule has 0 saturated heterocycles. The molecule has 0 spiro atoms. The van der Waals surface area contributed by atoms with Crippen molar-refractivity contribution in [3.8, 4) is 11.5 Å². The molecule has 4 heteroatoms. The van der Waals surface area contributed by atoms with E-state index in [-0.39, 0.29) is 0 Å². The summed E-state index contributed by atoms with van der Waals surface area (Å²) in [4.78, 5) is 1.36. The van der Waals surface area contributed by atoms with Crippen molar-refractivity contribution in [2.24, 2.45) is 0 Å². The number of benzene rings is 1. The molecular formula is C15H17NO2S. The summed E-state index contributed by atoms with van der Waals surface area (Å²) in [6.07, 6.45) is 0.945. The van der Waals surface area contributed by atoms with E-state index in [0.717, 1.165) is 44.2 Å². The van der Waals surface area contributed by atoms with Gasteiger partial charge in [-0.05, 0) is 29.1 Å². The second-order valence-corrected chi connectivity index (χ2v) is 5.55. The summed E-state index contributed by atoms with van der Waals surface area (Å²) < 4.78 is 11.3. The van der Waals surface area contributed by atoms with Crippen LogP contribution in [-0.2, 0) is 13.1 Å². The standard InChI is InChI=1S/C15H17NO2S/c1-3-13(19-8-1)11-16-10-12-4-5-14-15(9-12)18-7-2-6-17-14/h1,3-5,8-9,16H,2,6-7,10-11H2. The van der Waals surface area contributed by atoms with Crippen LogP contribution >= 0.6 is 11.3 Å². The van der Waals surface area contributed by atoms with E-state index >= 15 is 0 Å². The molecule has 0 aliphatic carbocycles. The monoisotopic (exact) mass is 275 g/mol. The van der Waals surface area contributed by atoms with Gasteiger partial charge in [-0.3, -0.25) is 0 Å².